The second-order valence-electron chi connectivity index (χ2n) is 9.55. The van der Waals surface area contributed by atoms with E-state index in [1.54, 1.807) is 19.1 Å². The smallest absolute Gasteiger partial charge is 0.339 e. The van der Waals surface area contributed by atoms with Gasteiger partial charge < -0.3 is 14.8 Å². The van der Waals surface area contributed by atoms with Gasteiger partial charge in [0.2, 0.25) is 0 Å². The Hall–Kier alpha value is -4.30. The monoisotopic (exact) mass is 523 g/mol. The van der Waals surface area contributed by atoms with E-state index >= 15 is 0 Å². The van der Waals surface area contributed by atoms with Gasteiger partial charge in [-0.2, -0.15) is 0 Å². The van der Waals surface area contributed by atoms with Gasteiger partial charge in [-0.1, -0.05) is 30.3 Å². The number of nitrogens with zero attached hydrogens (tertiary/aromatic N) is 2. The Balaban J connectivity index is 1.39. The number of aromatic amines is 1. The van der Waals surface area contributed by atoms with Crippen molar-refractivity contribution in [3.8, 4) is 5.75 Å². The highest BCUT2D eigenvalue weighted by Crippen LogP contribution is 2.38. The summed E-state index contributed by atoms with van der Waals surface area (Å²) in [4.78, 5) is 40.5. The SMILES string of the molecule is Cc1sc2nc([C@@H](C)OC(=O)c3c4c(nc5ccccc35)/C(=C\c3ccc(O)cc3)CC4)[nH]c(=O)c2c1C. The normalized spacial score (nSPS) is 14.8. The number of rotatable bonds is 4. The van der Waals surface area contributed by atoms with E-state index in [4.69, 9.17) is 9.72 Å². The zero-order chi connectivity index (χ0) is 26.6. The van der Waals surface area contributed by atoms with Crippen molar-refractivity contribution >= 4 is 50.1 Å². The number of esters is 1. The van der Waals surface area contributed by atoms with Gasteiger partial charge in [-0.15, -0.1) is 11.3 Å². The molecule has 0 bridgehead atoms. The van der Waals surface area contributed by atoms with Crippen molar-refractivity contribution in [1.29, 1.82) is 0 Å². The van der Waals surface area contributed by atoms with E-state index in [0.717, 1.165) is 44.6 Å². The minimum atomic E-state index is -0.752. The van der Waals surface area contributed by atoms with Crippen LogP contribution in [0.15, 0.2) is 53.3 Å². The fourth-order valence-electron chi connectivity index (χ4n) is 5.02. The van der Waals surface area contributed by atoms with E-state index in [1.807, 2.05) is 56.3 Å². The fraction of sp³-hybridized carbons (Fsp3) is 0.200. The number of aryl methyl sites for hydroxylation is 2. The molecule has 3 aromatic heterocycles. The van der Waals surface area contributed by atoms with Crippen LogP contribution in [0.4, 0.5) is 0 Å². The first-order valence-electron chi connectivity index (χ1n) is 12.4. The lowest BCUT2D eigenvalue weighted by molar-refractivity contribution is 0.0321. The molecule has 0 radical (unpaired) electrons. The molecule has 0 fully saturated rings. The van der Waals surface area contributed by atoms with Crippen molar-refractivity contribution in [2.75, 3.05) is 0 Å². The van der Waals surface area contributed by atoms with Crippen LogP contribution in [0.3, 0.4) is 0 Å². The number of ether oxygens (including phenoxy) is 1. The number of phenolic OH excluding ortho intramolecular Hbond substituents is 1. The Morgan fingerprint density at radius 2 is 1.87 bits per heavy atom. The van der Waals surface area contributed by atoms with Gasteiger partial charge in [0, 0.05) is 10.3 Å². The van der Waals surface area contributed by atoms with E-state index in [2.05, 4.69) is 9.97 Å². The van der Waals surface area contributed by atoms with Gasteiger partial charge in [-0.05, 0) is 80.2 Å². The predicted octanol–water partition coefficient (Wildman–Crippen LogP) is 6.26. The van der Waals surface area contributed by atoms with E-state index in [0.29, 0.717) is 33.5 Å². The Morgan fingerprint density at radius 3 is 2.66 bits per heavy atom. The largest absolute Gasteiger partial charge is 0.508 e. The van der Waals surface area contributed by atoms with Crippen molar-refractivity contribution in [1.82, 2.24) is 15.0 Å². The summed E-state index contributed by atoms with van der Waals surface area (Å²) in [6, 6.07) is 14.5. The third kappa shape index (κ3) is 4.07. The number of aromatic hydroxyl groups is 1. The second-order valence-corrected chi connectivity index (χ2v) is 10.8. The van der Waals surface area contributed by atoms with Crippen LogP contribution in [-0.4, -0.2) is 26.0 Å². The Kier molecular flexibility index (Phi) is 5.84. The molecule has 1 atom stereocenters. The lowest BCUT2D eigenvalue weighted by Crippen LogP contribution is -2.18. The topological polar surface area (TPSA) is 105 Å². The maximum absolute atomic E-state index is 13.7. The summed E-state index contributed by atoms with van der Waals surface area (Å²) in [5.74, 6) is 0.0566. The van der Waals surface area contributed by atoms with Crippen molar-refractivity contribution in [2.45, 2.75) is 39.7 Å². The molecule has 0 saturated carbocycles. The highest BCUT2D eigenvalue weighted by molar-refractivity contribution is 7.18. The van der Waals surface area contributed by atoms with E-state index in [9.17, 15) is 14.7 Å². The third-order valence-corrected chi connectivity index (χ3v) is 8.21. The predicted molar refractivity (Wildman–Crippen MR) is 150 cm³/mol. The molecule has 3 heterocycles. The first-order valence-corrected chi connectivity index (χ1v) is 13.2. The highest BCUT2D eigenvalue weighted by Gasteiger charge is 2.29. The quantitative estimate of drug-likeness (QED) is 0.269. The summed E-state index contributed by atoms with van der Waals surface area (Å²) in [6.45, 7) is 5.59. The molecular formula is C30H25N3O4S. The molecule has 0 spiro atoms. The average molecular weight is 524 g/mol. The van der Waals surface area contributed by atoms with Gasteiger partial charge in [-0.25, -0.2) is 14.8 Å². The molecule has 1 aliphatic rings. The molecule has 2 N–H and O–H groups in total. The Bertz CT molecular complexity index is 1830. The van der Waals surface area contributed by atoms with Crippen LogP contribution < -0.4 is 5.56 Å². The number of H-pyrrole nitrogens is 1. The van der Waals surface area contributed by atoms with Gasteiger partial charge in [0.25, 0.3) is 5.56 Å². The molecule has 0 unspecified atom stereocenters. The van der Waals surface area contributed by atoms with Crippen LogP contribution in [0.25, 0.3) is 32.8 Å². The minimum Gasteiger partial charge on any atom is -0.508 e. The fourth-order valence-corrected chi connectivity index (χ4v) is 6.06. The maximum Gasteiger partial charge on any atom is 0.339 e. The molecule has 8 heteroatoms. The summed E-state index contributed by atoms with van der Waals surface area (Å²) < 4.78 is 5.92. The number of pyridine rings is 1. The summed E-state index contributed by atoms with van der Waals surface area (Å²) >= 11 is 1.46. The van der Waals surface area contributed by atoms with Crippen molar-refractivity contribution < 1.29 is 14.6 Å². The lowest BCUT2D eigenvalue weighted by Gasteiger charge is -2.16. The first-order chi connectivity index (χ1) is 18.3. The molecule has 0 saturated heterocycles. The molecule has 5 aromatic rings. The van der Waals surface area contributed by atoms with Gasteiger partial charge in [0.1, 0.15) is 10.6 Å². The van der Waals surface area contributed by atoms with Gasteiger partial charge in [0.15, 0.2) is 11.9 Å². The van der Waals surface area contributed by atoms with Crippen LogP contribution in [0.2, 0.25) is 0 Å². The summed E-state index contributed by atoms with van der Waals surface area (Å²) in [7, 11) is 0. The Morgan fingerprint density at radius 1 is 1.11 bits per heavy atom. The first kappa shape index (κ1) is 24.1. The summed E-state index contributed by atoms with van der Waals surface area (Å²) in [6.07, 6.45) is 2.68. The zero-order valence-corrected chi connectivity index (χ0v) is 22.0. The maximum atomic E-state index is 13.7. The number of carbonyl (C=O) groups excluding carboxylic acids is 1. The highest BCUT2D eigenvalue weighted by atomic mass is 32.1. The number of para-hydroxylation sites is 1. The molecule has 38 heavy (non-hydrogen) atoms. The molecule has 0 aliphatic heterocycles. The number of fused-ring (bicyclic) bond motifs is 3. The molecule has 0 amide bonds. The van der Waals surface area contributed by atoms with Crippen LogP contribution in [0, 0.1) is 13.8 Å². The number of hydrogen-bond donors (Lipinski definition) is 2. The van der Waals surface area contributed by atoms with Gasteiger partial charge >= 0.3 is 5.97 Å². The number of nitrogens with one attached hydrogen (secondary N) is 1. The molecule has 1 aliphatic carbocycles. The van der Waals surface area contributed by atoms with E-state index < -0.39 is 12.1 Å². The standard InChI is InChI=1S/C30H25N3O4S/c1-15-17(3)38-29-24(15)28(35)32-27(33-29)16(2)37-30(36)25-21-6-4-5-7-23(21)31-26-19(10-13-22(25)26)14-18-8-11-20(34)12-9-18/h4-9,11-12,14,16,34H,10,13H2,1-3H3,(H,32,33,35)/b19-14-/t16-/m1/s1. The minimum absolute atomic E-state index is 0.210. The number of aromatic nitrogens is 3. The van der Waals surface area contributed by atoms with E-state index in [-0.39, 0.29) is 11.3 Å². The van der Waals surface area contributed by atoms with Crippen LogP contribution in [-0.2, 0) is 11.2 Å². The molecule has 6 rings (SSSR count). The molecule has 7 nitrogen and oxygen atoms in total. The second kappa shape index (κ2) is 9.22. The number of phenols is 1. The van der Waals surface area contributed by atoms with Crippen molar-refractivity contribution in [3.05, 3.63) is 97.5 Å². The van der Waals surface area contributed by atoms with Crippen LogP contribution in [0.1, 0.15) is 62.9 Å². The van der Waals surface area contributed by atoms with Gasteiger partial charge in [-0.3, -0.25) is 4.79 Å². The number of carbonyl (C=O) groups is 1. The molecule has 2 aromatic carbocycles. The molecular weight excluding hydrogens is 498 g/mol. The number of hydrogen-bond acceptors (Lipinski definition) is 7. The molecule has 190 valence electrons. The number of allylic oxidation sites excluding steroid dienone is 1. The lowest BCUT2D eigenvalue weighted by atomic mass is 10.0. The van der Waals surface area contributed by atoms with Crippen LogP contribution >= 0.6 is 11.3 Å². The number of benzene rings is 2. The van der Waals surface area contributed by atoms with Crippen molar-refractivity contribution in [2.24, 2.45) is 0 Å². The van der Waals surface area contributed by atoms with Crippen molar-refractivity contribution in [3.63, 3.8) is 0 Å². The third-order valence-electron chi connectivity index (χ3n) is 7.11. The van der Waals surface area contributed by atoms with Gasteiger partial charge in [0.05, 0.1) is 22.2 Å². The average Bonchev–Trinajstić information content (AvgIpc) is 3.43. The van der Waals surface area contributed by atoms with E-state index in [1.165, 1.54) is 11.3 Å². The zero-order valence-electron chi connectivity index (χ0n) is 21.2. The number of thiophene rings is 1. The Labute approximate surface area is 222 Å². The summed E-state index contributed by atoms with van der Waals surface area (Å²) in [5, 5.41) is 10.9. The summed E-state index contributed by atoms with van der Waals surface area (Å²) in [5.41, 5.74) is 5.51. The van der Waals surface area contributed by atoms with Crippen LogP contribution in [0.5, 0.6) is 5.75 Å².